The molecule has 1 aromatic heterocycles. The molecule has 3 N–H and O–H groups in total. The molecule has 0 saturated heterocycles. The third kappa shape index (κ3) is 7.79. The number of benzene rings is 2. The minimum atomic E-state index is -0.346. The molecule has 33 heavy (non-hydrogen) atoms. The first-order valence-electron chi connectivity index (χ1n) is 11.1. The minimum Gasteiger partial charge on any atom is -0.493 e. The van der Waals surface area contributed by atoms with Gasteiger partial charge in [0.2, 0.25) is 11.8 Å². The molecule has 0 fully saturated rings. The summed E-state index contributed by atoms with van der Waals surface area (Å²) >= 11 is 0. The fourth-order valence-electron chi connectivity index (χ4n) is 3.58. The second kappa shape index (κ2) is 12.8. The number of anilines is 1. The number of hydrogen-bond acceptors (Lipinski definition) is 6. The Labute approximate surface area is 201 Å². The molecule has 7 nitrogen and oxygen atoms in total. The number of carbonyl (C=O) groups is 1. The highest BCUT2D eigenvalue weighted by Crippen LogP contribution is 2.24. The topological polar surface area (TPSA) is 103 Å². The van der Waals surface area contributed by atoms with E-state index in [1.165, 1.54) is 0 Å². The summed E-state index contributed by atoms with van der Waals surface area (Å²) < 4.78 is 11.3. The van der Waals surface area contributed by atoms with Crippen molar-refractivity contribution in [1.82, 2.24) is 15.5 Å². The molecular weight excluding hydrogens is 440 g/mol. The number of nitrogens with two attached hydrogens (primary N) is 1. The molecule has 3 atom stereocenters. The molecule has 2 aromatic carbocycles. The Bertz CT molecular complexity index is 979. The number of nitrogen functional groups attached to an aromatic ring is 1. The quantitative estimate of drug-likeness (QED) is 0.402. The van der Waals surface area contributed by atoms with Gasteiger partial charge in [0.15, 0.2) is 0 Å². The van der Waals surface area contributed by atoms with Gasteiger partial charge >= 0.3 is 6.01 Å². The Kier molecular flexibility index (Phi) is 10.2. The van der Waals surface area contributed by atoms with Crippen molar-refractivity contribution in [3.63, 3.8) is 0 Å². The zero-order valence-electron chi connectivity index (χ0n) is 19.4. The predicted octanol–water partition coefficient (Wildman–Crippen LogP) is 5.09. The Hall–Kier alpha value is -3.06. The first-order chi connectivity index (χ1) is 15.5. The lowest BCUT2D eigenvalue weighted by molar-refractivity contribution is -0.123. The van der Waals surface area contributed by atoms with Gasteiger partial charge in [0.25, 0.3) is 0 Å². The minimum absolute atomic E-state index is 0. The van der Waals surface area contributed by atoms with Crippen LogP contribution in [0.25, 0.3) is 0 Å². The van der Waals surface area contributed by atoms with Crippen LogP contribution >= 0.6 is 12.4 Å². The van der Waals surface area contributed by atoms with Crippen molar-refractivity contribution in [2.45, 2.75) is 52.0 Å². The molecule has 3 rings (SSSR count). The summed E-state index contributed by atoms with van der Waals surface area (Å²) in [7, 11) is 0. The molecule has 0 spiro atoms. The van der Waals surface area contributed by atoms with Crippen molar-refractivity contribution in [2.75, 3.05) is 12.3 Å². The molecule has 1 amide bonds. The van der Waals surface area contributed by atoms with E-state index < -0.39 is 0 Å². The van der Waals surface area contributed by atoms with Gasteiger partial charge in [0.05, 0.1) is 25.0 Å². The maximum Gasteiger partial charge on any atom is 0.312 e. The normalized spacial score (nSPS) is 13.4. The highest BCUT2D eigenvalue weighted by Gasteiger charge is 2.22. The molecule has 0 unspecified atom stereocenters. The van der Waals surface area contributed by atoms with E-state index in [0.717, 1.165) is 29.7 Å². The number of ether oxygens (including phenoxy) is 1. The molecular formula is C25H33ClN4O3. The van der Waals surface area contributed by atoms with Crippen LogP contribution in [0.2, 0.25) is 0 Å². The van der Waals surface area contributed by atoms with Crippen LogP contribution in [-0.4, -0.2) is 22.7 Å². The second-order valence-corrected chi connectivity index (χ2v) is 8.21. The summed E-state index contributed by atoms with van der Waals surface area (Å²) in [5, 5.41) is 10.8. The zero-order chi connectivity index (χ0) is 22.9. The van der Waals surface area contributed by atoms with E-state index in [9.17, 15) is 4.79 Å². The highest BCUT2D eigenvalue weighted by atomic mass is 35.5. The Morgan fingerprint density at radius 2 is 1.76 bits per heavy atom. The lowest BCUT2D eigenvalue weighted by atomic mass is 9.98. The van der Waals surface area contributed by atoms with E-state index in [2.05, 4.69) is 29.4 Å². The number of carbonyl (C=O) groups excluding carboxylic acids is 1. The molecule has 0 saturated carbocycles. The Morgan fingerprint density at radius 1 is 1.06 bits per heavy atom. The SMILES string of the molecule is CCC[C@H](C)COc1ccc([C@H](Cc2nnc(N)o2)NC(=O)[C@@H](C)c2ccccc2)cc1.Cl. The van der Waals surface area contributed by atoms with Crippen LogP contribution in [0.15, 0.2) is 59.0 Å². The molecule has 0 radical (unpaired) electrons. The van der Waals surface area contributed by atoms with E-state index in [-0.39, 0.29) is 36.3 Å². The second-order valence-electron chi connectivity index (χ2n) is 8.21. The van der Waals surface area contributed by atoms with Crippen molar-refractivity contribution in [3.8, 4) is 5.75 Å². The van der Waals surface area contributed by atoms with E-state index in [1.807, 2.05) is 61.5 Å². The van der Waals surface area contributed by atoms with Crippen molar-refractivity contribution >= 4 is 24.3 Å². The number of aromatic nitrogens is 2. The first kappa shape index (κ1) is 26.2. The summed E-state index contributed by atoms with van der Waals surface area (Å²) in [6.45, 7) is 6.94. The van der Waals surface area contributed by atoms with Crippen LogP contribution in [0.1, 0.15) is 62.6 Å². The van der Waals surface area contributed by atoms with Crippen molar-refractivity contribution in [3.05, 3.63) is 71.6 Å². The van der Waals surface area contributed by atoms with E-state index in [4.69, 9.17) is 14.9 Å². The molecule has 178 valence electrons. The van der Waals surface area contributed by atoms with Crippen LogP contribution in [-0.2, 0) is 11.2 Å². The van der Waals surface area contributed by atoms with Gasteiger partial charge in [-0.2, -0.15) is 0 Å². The molecule has 3 aromatic rings. The number of halogens is 1. The maximum absolute atomic E-state index is 13.0. The van der Waals surface area contributed by atoms with Gasteiger partial charge in [0.1, 0.15) is 5.75 Å². The summed E-state index contributed by atoms with van der Waals surface area (Å²) in [5.41, 5.74) is 7.45. The van der Waals surface area contributed by atoms with Crippen LogP contribution in [0, 0.1) is 5.92 Å². The molecule has 0 aliphatic rings. The predicted molar refractivity (Wildman–Crippen MR) is 131 cm³/mol. The van der Waals surface area contributed by atoms with Crippen molar-refractivity contribution < 1.29 is 13.9 Å². The average Bonchev–Trinajstić information content (AvgIpc) is 3.22. The number of hydrogen-bond donors (Lipinski definition) is 2. The third-order valence-corrected chi connectivity index (χ3v) is 5.47. The molecule has 8 heteroatoms. The molecule has 0 bridgehead atoms. The largest absolute Gasteiger partial charge is 0.493 e. The monoisotopic (exact) mass is 472 g/mol. The van der Waals surface area contributed by atoms with Crippen molar-refractivity contribution in [1.29, 1.82) is 0 Å². The summed E-state index contributed by atoms with van der Waals surface area (Å²) in [5.74, 6) is 1.31. The van der Waals surface area contributed by atoms with Gasteiger partial charge in [-0.3, -0.25) is 4.79 Å². The van der Waals surface area contributed by atoms with Crippen LogP contribution in [0.4, 0.5) is 6.01 Å². The number of nitrogens with zero attached hydrogens (tertiary/aromatic N) is 2. The maximum atomic E-state index is 13.0. The van der Waals surface area contributed by atoms with Gasteiger partial charge in [-0.05, 0) is 42.5 Å². The van der Waals surface area contributed by atoms with Gasteiger partial charge in [-0.1, -0.05) is 67.8 Å². The van der Waals surface area contributed by atoms with E-state index in [1.54, 1.807) is 0 Å². The lowest BCUT2D eigenvalue weighted by Crippen LogP contribution is -2.33. The van der Waals surface area contributed by atoms with Gasteiger partial charge in [0, 0.05) is 0 Å². The van der Waals surface area contributed by atoms with E-state index in [0.29, 0.717) is 24.8 Å². The zero-order valence-corrected chi connectivity index (χ0v) is 20.2. The van der Waals surface area contributed by atoms with Crippen molar-refractivity contribution in [2.24, 2.45) is 5.92 Å². The number of amides is 1. The van der Waals surface area contributed by atoms with Gasteiger partial charge in [-0.15, -0.1) is 17.5 Å². The Balaban J connectivity index is 0.00000385. The molecule has 0 aliphatic carbocycles. The molecule has 1 heterocycles. The smallest absolute Gasteiger partial charge is 0.312 e. The summed E-state index contributed by atoms with van der Waals surface area (Å²) in [6.07, 6.45) is 2.62. The lowest BCUT2D eigenvalue weighted by Gasteiger charge is -2.21. The van der Waals surface area contributed by atoms with E-state index >= 15 is 0 Å². The third-order valence-electron chi connectivity index (χ3n) is 5.47. The fraction of sp³-hybridized carbons (Fsp3) is 0.400. The highest BCUT2D eigenvalue weighted by molar-refractivity contribution is 5.85. The van der Waals surface area contributed by atoms with Crippen LogP contribution in [0.5, 0.6) is 5.75 Å². The van der Waals surface area contributed by atoms with Crippen LogP contribution in [0.3, 0.4) is 0 Å². The number of rotatable bonds is 11. The summed E-state index contributed by atoms with van der Waals surface area (Å²) in [4.78, 5) is 13.0. The fourth-order valence-corrected chi connectivity index (χ4v) is 3.58. The van der Waals surface area contributed by atoms with Crippen LogP contribution < -0.4 is 15.8 Å². The Morgan fingerprint density at radius 3 is 2.36 bits per heavy atom. The standard InChI is InChI=1S/C25H32N4O3.ClH/c1-4-8-17(2)16-31-21-13-11-20(12-14-21)22(15-23-28-29-25(26)32-23)27-24(30)18(3)19-9-6-5-7-10-19;/h5-7,9-14,17-18,22H,4,8,15-16H2,1-3H3,(H2,26,29)(H,27,30);1H/t17-,18-,22-;/m0./s1. The van der Waals surface area contributed by atoms with Gasteiger partial charge < -0.3 is 20.2 Å². The average molecular weight is 473 g/mol. The van der Waals surface area contributed by atoms with Gasteiger partial charge in [-0.25, -0.2) is 0 Å². The number of nitrogens with one attached hydrogen (secondary N) is 1. The molecule has 0 aliphatic heterocycles. The first-order valence-corrected chi connectivity index (χ1v) is 11.1. The summed E-state index contributed by atoms with van der Waals surface area (Å²) in [6, 6.07) is 17.1.